The third-order valence-corrected chi connectivity index (χ3v) is 2.58. The van der Waals surface area contributed by atoms with Crippen molar-refractivity contribution in [1.29, 1.82) is 0 Å². The van der Waals surface area contributed by atoms with E-state index in [2.05, 4.69) is 48.6 Å². The van der Waals surface area contributed by atoms with Crippen LogP contribution in [0.1, 0.15) is 11.1 Å². The smallest absolute Gasteiger partial charge is 0.00671 e. The van der Waals surface area contributed by atoms with Crippen molar-refractivity contribution in [2.24, 2.45) is 0 Å². The Bertz CT molecular complexity index is 492. The lowest BCUT2D eigenvalue weighted by molar-refractivity contribution is 1.32. The molecule has 1 aliphatic carbocycles. The molecule has 0 unspecified atom stereocenters. The highest BCUT2D eigenvalue weighted by Gasteiger charge is 2.07. The van der Waals surface area contributed by atoms with Gasteiger partial charge in [0.25, 0.3) is 0 Å². The first-order valence-electron chi connectivity index (χ1n) is 4.54. The fourth-order valence-electron chi connectivity index (χ4n) is 1.92. The van der Waals surface area contributed by atoms with E-state index in [-0.39, 0.29) is 0 Å². The molecule has 61 valence electrons. The minimum atomic E-state index is 1.04. The van der Waals surface area contributed by atoms with Gasteiger partial charge in [-0.2, -0.15) is 0 Å². The van der Waals surface area contributed by atoms with Crippen molar-refractivity contribution >= 4 is 10.8 Å². The Morgan fingerprint density at radius 2 is 1.92 bits per heavy atom. The average molecular weight is 165 g/mol. The van der Waals surface area contributed by atoms with Crippen molar-refractivity contribution in [2.45, 2.75) is 6.42 Å². The van der Waals surface area contributed by atoms with Crippen molar-refractivity contribution in [3.8, 4) is 0 Å². The Labute approximate surface area is 77.5 Å². The molecule has 2 aromatic carbocycles. The first kappa shape index (κ1) is 6.90. The van der Waals surface area contributed by atoms with Crippen molar-refractivity contribution in [1.82, 2.24) is 0 Å². The van der Waals surface area contributed by atoms with Gasteiger partial charge in [-0.15, -0.1) is 0 Å². The normalized spacial score (nSPS) is 13.5. The SMILES string of the molecule is [C]1=CCc2ccc3ccccc3c21. The monoisotopic (exact) mass is 165 g/mol. The standard InChI is InChI=1S/C13H9/c1-2-6-12-10(4-1)8-9-11-5-3-7-13(11)12/h1-4,6,8-9H,5H2. The molecular formula is C13H9. The van der Waals surface area contributed by atoms with E-state index in [9.17, 15) is 0 Å². The third kappa shape index (κ3) is 0.919. The zero-order chi connectivity index (χ0) is 8.67. The summed E-state index contributed by atoms with van der Waals surface area (Å²) in [7, 11) is 0. The number of hydrogen-bond donors (Lipinski definition) is 0. The van der Waals surface area contributed by atoms with Gasteiger partial charge in [-0.25, -0.2) is 0 Å². The van der Waals surface area contributed by atoms with Gasteiger partial charge in [0.05, 0.1) is 0 Å². The molecular weight excluding hydrogens is 156 g/mol. The molecule has 3 rings (SSSR count). The minimum absolute atomic E-state index is 1.04. The second-order valence-corrected chi connectivity index (χ2v) is 3.37. The van der Waals surface area contributed by atoms with Crippen LogP contribution in [0, 0.1) is 6.08 Å². The summed E-state index contributed by atoms with van der Waals surface area (Å²) in [6, 6.07) is 12.9. The molecule has 0 bridgehead atoms. The van der Waals surface area contributed by atoms with Crippen LogP contribution >= 0.6 is 0 Å². The van der Waals surface area contributed by atoms with Crippen molar-refractivity contribution < 1.29 is 0 Å². The van der Waals surface area contributed by atoms with Crippen LogP contribution in [0.15, 0.2) is 42.5 Å². The van der Waals surface area contributed by atoms with Crippen molar-refractivity contribution in [3.63, 3.8) is 0 Å². The predicted molar refractivity (Wildman–Crippen MR) is 54.6 cm³/mol. The van der Waals surface area contributed by atoms with Crippen LogP contribution in [0.2, 0.25) is 0 Å². The van der Waals surface area contributed by atoms with E-state index >= 15 is 0 Å². The number of allylic oxidation sites excluding steroid dienone is 1. The maximum atomic E-state index is 3.32. The van der Waals surface area contributed by atoms with Crippen molar-refractivity contribution in [2.75, 3.05) is 0 Å². The van der Waals surface area contributed by atoms with Gasteiger partial charge in [0.1, 0.15) is 0 Å². The predicted octanol–water partition coefficient (Wildman–Crippen LogP) is 3.10. The van der Waals surface area contributed by atoms with Crippen LogP contribution in [-0.4, -0.2) is 0 Å². The van der Waals surface area contributed by atoms with Gasteiger partial charge in [0.15, 0.2) is 0 Å². The van der Waals surface area contributed by atoms with Gasteiger partial charge in [-0.05, 0) is 34.4 Å². The lowest BCUT2D eigenvalue weighted by atomic mass is 10.0. The van der Waals surface area contributed by atoms with Crippen LogP contribution < -0.4 is 0 Å². The molecule has 0 saturated heterocycles. The summed E-state index contributed by atoms with van der Waals surface area (Å²) in [6.07, 6.45) is 6.47. The topological polar surface area (TPSA) is 0 Å². The molecule has 0 heteroatoms. The van der Waals surface area contributed by atoms with E-state index in [1.807, 2.05) is 0 Å². The number of fused-ring (bicyclic) bond motifs is 3. The van der Waals surface area contributed by atoms with E-state index in [0.29, 0.717) is 0 Å². The highest BCUT2D eigenvalue weighted by molar-refractivity contribution is 5.88. The Morgan fingerprint density at radius 1 is 1.00 bits per heavy atom. The molecule has 0 heterocycles. The lowest BCUT2D eigenvalue weighted by Gasteiger charge is -2.03. The van der Waals surface area contributed by atoms with Gasteiger partial charge < -0.3 is 0 Å². The summed E-state index contributed by atoms with van der Waals surface area (Å²) in [4.78, 5) is 0. The third-order valence-electron chi connectivity index (χ3n) is 2.58. The molecule has 0 spiro atoms. The van der Waals surface area contributed by atoms with Crippen LogP contribution in [0.5, 0.6) is 0 Å². The van der Waals surface area contributed by atoms with Gasteiger partial charge in [0, 0.05) is 0 Å². The van der Waals surface area contributed by atoms with Gasteiger partial charge in [-0.1, -0.05) is 42.5 Å². The number of benzene rings is 2. The maximum Gasteiger partial charge on any atom is -0.00671 e. The van der Waals surface area contributed by atoms with Crippen molar-refractivity contribution in [3.05, 3.63) is 59.7 Å². The second-order valence-electron chi connectivity index (χ2n) is 3.37. The van der Waals surface area contributed by atoms with Gasteiger partial charge in [-0.3, -0.25) is 0 Å². The van der Waals surface area contributed by atoms with E-state index < -0.39 is 0 Å². The molecule has 0 aromatic heterocycles. The summed E-state index contributed by atoms with van der Waals surface area (Å²) >= 11 is 0. The largest absolute Gasteiger partial charge is 0.0716 e. The first-order chi connectivity index (χ1) is 6.45. The van der Waals surface area contributed by atoms with Gasteiger partial charge >= 0.3 is 0 Å². The Balaban J connectivity index is 2.49. The Morgan fingerprint density at radius 3 is 2.92 bits per heavy atom. The molecule has 0 amide bonds. The highest BCUT2D eigenvalue weighted by atomic mass is 14.1. The first-order valence-corrected chi connectivity index (χ1v) is 4.54. The van der Waals surface area contributed by atoms with E-state index in [1.165, 1.54) is 21.9 Å². The van der Waals surface area contributed by atoms with E-state index in [4.69, 9.17) is 0 Å². The lowest BCUT2D eigenvalue weighted by Crippen LogP contribution is -1.83. The molecule has 13 heavy (non-hydrogen) atoms. The molecule has 0 N–H and O–H groups in total. The average Bonchev–Trinajstić information content (AvgIpc) is 2.65. The zero-order valence-corrected chi connectivity index (χ0v) is 7.25. The van der Waals surface area contributed by atoms with Crippen LogP contribution in [-0.2, 0) is 6.42 Å². The summed E-state index contributed by atoms with van der Waals surface area (Å²) in [5.74, 6) is 0. The zero-order valence-electron chi connectivity index (χ0n) is 7.25. The summed E-state index contributed by atoms with van der Waals surface area (Å²) in [5.41, 5.74) is 2.69. The molecule has 0 fully saturated rings. The fraction of sp³-hybridized carbons (Fsp3) is 0.0769. The van der Waals surface area contributed by atoms with E-state index in [1.54, 1.807) is 0 Å². The Hall–Kier alpha value is -1.56. The second kappa shape index (κ2) is 2.46. The van der Waals surface area contributed by atoms with E-state index in [0.717, 1.165) is 6.42 Å². The molecule has 1 aliphatic rings. The quantitative estimate of drug-likeness (QED) is 0.562. The molecule has 0 atom stereocenters. The maximum absolute atomic E-state index is 3.32. The molecule has 0 saturated carbocycles. The van der Waals surface area contributed by atoms with Crippen LogP contribution in [0.25, 0.3) is 10.8 Å². The molecule has 2 aromatic rings. The molecule has 0 nitrogen and oxygen atoms in total. The summed E-state index contributed by atoms with van der Waals surface area (Å²) in [5, 5.41) is 2.64. The van der Waals surface area contributed by atoms with Gasteiger partial charge in [0.2, 0.25) is 0 Å². The molecule has 0 aliphatic heterocycles. The Kier molecular flexibility index (Phi) is 1.31. The summed E-state index contributed by atoms with van der Waals surface area (Å²) in [6.45, 7) is 0. The fourth-order valence-corrected chi connectivity index (χ4v) is 1.92. The highest BCUT2D eigenvalue weighted by Crippen LogP contribution is 2.26. The van der Waals surface area contributed by atoms with Crippen LogP contribution in [0.3, 0.4) is 0 Å². The number of rotatable bonds is 0. The minimum Gasteiger partial charge on any atom is -0.0716 e. The van der Waals surface area contributed by atoms with Crippen LogP contribution in [0.4, 0.5) is 0 Å². The molecule has 1 radical (unpaired) electrons. The summed E-state index contributed by atoms with van der Waals surface area (Å²) < 4.78 is 0. The number of hydrogen-bond acceptors (Lipinski definition) is 0.